The molecule has 33 heavy (non-hydrogen) atoms. The fourth-order valence-corrected chi connectivity index (χ4v) is 4.67. The van der Waals surface area contributed by atoms with Gasteiger partial charge in [-0.1, -0.05) is 24.3 Å². The summed E-state index contributed by atoms with van der Waals surface area (Å²) in [6, 6.07) is 18.0. The summed E-state index contributed by atoms with van der Waals surface area (Å²) in [4.78, 5) is 12.7. The van der Waals surface area contributed by atoms with Crippen molar-refractivity contribution in [3.63, 3.8) is 0 Å². The Bertz CT molecular complexity index is 1220. The molecule has 0 spiro atoms. The first kappa shape index (κ1) is 24.0. The Labute approximate surface area is 190 Å². The van der Waals surface area contributed by atoms with E-state index in [9.17, 15) is 22.0 Å². The third-order valence-corrected chi connectivity index (χ3v) is 6.56. The van der Waals surface area contributed by atoms with Crippen molar-refractivity contribution in [2.75, 3.05) is 23.3 Å². The van der Waals surface area contributed by atoms with Gasteiger partial charge in [-0.25, -0.2) is 8.42 Å². The van der Waals surface area contributed by atoms with Gasteiger partial charge in [-0.3, -0.25) is 9.10 Å². The Kier molecular flexibility index (Phi) is 7.49. The van der Waals surface area contributed by atoms with Gasteiger partial charge in [0.05, 0.1) is 23.4 Å². The molecule has 0 bridgehead atoms. The van der Waals surface area contributed by atoms with Crippen LogP contribution in [0.25, 0.3) is 0 Å². The first-order valence-electron chi connectivity index (χ1n) is 9.88. The lowest BCUT2D eigenvalue weighted by Gasteiger charge is -2.23. The van der Waals surface area contributed by atoms with Crippen LogP contribution in [-0.2, 0) is 10.0 Å². The Morgan fingerprint density at radius 1 is 1.03 bits per heavy atom. The van der Waals surface area contributed by atoms with E-state index in [1.807, 2.05) is 0 Å². The van der Waals surface area contributed by atoms with Crippen molar-refractivity contribution in [3.8, 4) is 11.5 Å². The summed E-state index contributed by atoms with van der Waals surface area (Å²) in [6.07, 6.45) is 0. The number of amides is 1. The van der Waals surface area contributed by atoms with Crippen molar-refractivity contribution in [2.24, 2.45) is 0 Å². The molecule has 0 fully saturated rings. The fourth-order valence-electron chi connectivity index (χ4n) is 3.17. The van der Waals surface area contributed by atoms with E-state index in [0.29, 0.717) is 5.69 Å². The van der Waals surface area contributed by atoms with Crippen LogP contribution >= 0.6 is 0 Å². The highest BCUT2D eigenvalue weighted by atomic mass is 32.2. The normalized spacial score (nSPS) is 11.2. The van der Waals surface area contributed by atoms with E-state index >= 15 is 0 Å². The molecule has 0 heterocycles. The minimum Gasteiger partial charge on any atom is -0.495 e. The molecule has 3 aromatic rings. The molecule has 1 N–H and O–H groups in total. The summed E-state index contributed by atoms with van der Waals surface area (Å²) >= 11 is 0. The number of hydrogen-bond acceptors (Lipinski definition) is 5. The van der Waals surface area contributed by atoms with Gasteiger partial charge in [-0.15, -0.1) is 0 Å². The smallest absolute Gasteiger partial charge is 0.387 e. The molecular weight excluding hydrogens is 454 g/mol. The highest BCUT2D eigenvalue weighted by molar-refractivity contribution is 7.92. The number of ether oxygens (including phenoxy) is 2. The Balaban J connectivity index is 1.93. The van der Waals surface area contributed by atoms with Crippen molar-refractivity contribution < 1.29 is 31.5 Å². The standard InChI is InChI=1S/C23H22F2N2O5S/c1-3-27(17-9-5-4-6-10-17)33(29,30)19-12-13-21(31-2)20(15-19)26-22(28)16-8-7-11-18(14-16)32-23(24)25/h4-15,23H,3H2,1-2H3,(H,26,28). The third-order valence-electron chi connectivity index (χ3n) is 4.66. The van der Waals surface area contributed by atoms with E-state index in [0.717, 1.165) is 6.07 Å². The lowest BCUT2D eigenvalue weighted by atomic mass is 10.2. The van der Waals surface area contributed by atoms with E-state index in [2.05, 4.69) is 10.1 Å². The Morgan fingerprint density at radius 3 is 2.39 bits per heavy atom. The molecule has 0 aromatic heterocycles. The van der Waals surface area contributed by atoms with Crippen molar-refractivity contribution in [3.05, 3.63) is 78.4 Å². The summed E-state index contributed by atoms with van der Waals surface area (Å²) in [5.74, 6) is -0.606. The van der Waals surface area contributed by atoms with Crippen LogP contribution in [0.5, 0.6) is 11.5 Å². The van der Waals surface area contributed by atoms with Gasteiger partial charge in [0.25, 0.3) is 15.9 Å². The summed E-state index contributed by atoms with van der Waals surface area (Å²) in [7, 11) is -2.58. The number of hydrogen-bond donors (Lipinski definition) is 1. The number of halogens is 2. The first-order chi connectivity index (χ1) is 15.8. The van der Waals surface area contributed by atoms with Gasteiger partial charge in [0.1, 0.15) is 11.5 Å². The maximum Gasteiger partial charge on any atom is 0.387 e. The molecule has 7 nitrogen and oxygen atoms in total. The SMILES string of the molecule is CCN(c1ccccc1)S(=O)(=O)c1ccc(OC)c(NC(=O)c2cccc(OC(F)F)c2)c1. The van der Waals surface area contributed by atoms with Crippen molar-refractivity contribution >= 4 is 27.3 Å². The van der Waals surface area contributed by atoms with E-state index in [4.69, 9.17) is 4.74 Å². The van der Waals surface area contributed by atoms with E-state index in [1.54, 1.807) is 37.3 Å². The summed E-state index contributed by atoms with van der Waals surface area (Å²) in [5.41, 5.74) is 0.646. The number of rotatable bonds is 9. The van der Waals surface area contributed by atoms with Crippen molar-refractivity contribution in [1.29, 1.82) is 0 Å². The average molecular weight is 477 g/mol. The van der Waals surface area contributed by atoms with E-state index in [-0.39, 0.29) is 34.2 Å². The zero-order valence-electron chi connectivity index (χ0n) is 17.9. The maximum atomic E-state index is 13.3. The quantitative estimate of drug-likeness (QED) is 0.481. The van der Waals surface area contributed by atoms with Gasteiger partial charge >= 0.3 is 6.61 Å². The zero-order chi connectivity index (χ0) is 24.0. The summed E-state index contributed by atoms with van der Waals surface area (Å²) < 4.78 is 62.4. The molecule has 0 unspecified atom stereocenters. The van der Waals surface area contributed by atoms with Crippen LogP contribution < -0.4 is 19.1 Å². The van der Waals surface area contributed by atoms with E-state index < -0.39 is 22.5 Å². The molecule has 174 valence electrons. The second kappa shape index (κ2) is 10.3. The number of anilines is 2. The number of methoxy groups -OCH3 is 1. The number of nitrogens with one attached hydrogen (secondary N) is 1. The first-order valence-corrected chi connectivity index (χ1v) is 11.3. The van der Waals surface area contributed by atoms with Gasteiger partial charge in [-0.05, 0) is 55.5 Å². The highest BCUT2D eigenvalue weighted by Crippen LogP contribution is 2.31. The number of carbonyl (C=O) groups is 1. The maximum absolute atomic E-state index is 13.3. The molecule has 3 aromatic carbocycles. The van der Waals surface area contributed by atoms with Crippen LogP contribution in [0.1, 0.15) is 17.3 Å². The molecule has 10 heteroatoms. The number of nitrogens with zero attached hydrogens (tertiary/aromatic N) is 1. The second-order valence-electron chi connectivity index (χ2n) is 6.73. The molecule has 0 aliphatic carbocycles. The monoisotopic (exact) mass is 476 g/mol. The van der Waals surface area contributed by atoms with Crippen LogP contribution in [0.2, 0.25) is 0 Å². The molecule has 0 saturated carbocycles. The lowest BCUT2D eigenvalue weighted by Crippen LogP contribution is -2.30. The average Bonchev–Trinajstić information content (AvgIpc) is 2.79. The van der Waals surface area contributed by atoms with Gasteiger partial charge in [0.2, 0.25) is 0 Å². The molecule has 0 aliphatic heterocycles. The van der Waals surface area contributed by atoms with Gasteiger partial charge in [0, 0.05) is 12.1 Å². The van der Waals surface area contributed by atoms with Crippen LogP contribution in [0, 0.1) is 0 Å². The predicted octanol–water partition coefficient (Wildman–Crippen LogP) is 4.76. The Morgan fingerprint density at radius 2 is 1.76 bits per heavy atom. The fraction of sp³-hybridized carbons (Fsp3) is 0.174. The van der Waals surface area contributed by atoms with Gasteiger partial charge < -0.3 is 14.8 Å². The molecular formula is C23H22F2N2O5S. The lowest BCUT2D eigenvalue weighted by molar-refractivity contribution is -0.0498. The van der Waals surface area contributed by atoms with Crippen LogP contribution in [0.4, 0.5) is 20.2 Å². The molecule has 0 atom stereocenters. The minimum atomic E-state index is -3.95. The number of alkyl halides is 2. The van der Waals surface area contributed by atoms with E-state index in [1.165, 1.54) is 47.8 Å². The topological polar surface area (TPSA) is 84.9 Å². The minimum absolute atomic E-state index is 0.0444. The molecule has 0 aliphatic rings. The highest BCUT2D eigenvalue weighted by Gasteiger charge is 2.25. The van der Waals surface area contributed by atoms with Crippen LogP contribution in [-0.4, -0.2) is 34.6 Å². The van der Waals surface area contributed by atoms with Crippen molar-refractivity contribution in [1.82, 2.24) is 0 Å². The molecule has 1 amide bonds. The molecule has 0 saturated heterocycles. The summed E-state index contributed by atoms with van der Waals surface area (Å²) in [5, 5.41) is 2.58. The second-order valence-corrected chi connectivity index (χ2v) is 8.59. The Hall–Kier alpha value is -3.66. The molecule has 3 rings (SSSR count). The number of para-hydroxylation sites is 1. The number of benzene rings is 3. The van der Waals surface area contributed by atoms with Crippen molar-refractivity contribution in [2.45, 2.75) is 18.4 Å². The van der Waals surface area contributed by atoms with Gasteiger partial charge in [-0.2, -0.15) is 8.78 Å². The predicted molar refractivity (Wildman–Crippen MR) is 121 cm³/mol. The third kappa shape index (κ3) is 5.58. The number of carbonyl (C=O) groups excluding carboxylic acids is 1. The largest absolute Gasteiger partial charge is 0.495 e. The molecule has 0 radical (unpaired) electrons. The van der Waals surface area contributed by atoms with Gasteiger partial charge in [0.15, 0.2) is 0 Å². The van der Waals surface area contributed by atoms with Crippen LogP contribution in [0.15, 0.2) is 77.7 Å². The zero-order valence-corrected chi connectivity index (χ0v) is 18.7. The van der Waals surface area contributed by atoms with Crippen LogP contribution in [0.3, 0.4) is 0 Å². The number of sulfonamides is 1. The summed E-state index contributed by atoms with van der Waals surface area (Å²) in [6.45, 7) is -1.13.